The van der Waals surface area contributed by atoms with E-state index < -0.39 is 0 Å². The molecule has 1 N–H and O–H groups in total. The van der Waals surface area contributed by atoms with E-state index >= 15 is 0 Å². The molecule has 0 saturated carbocycles. The Bertz CT molecular complexity index is 379. The molecule has 0 bridgehead atoms. The molecular formula is C12H15BrClNO. The fourth-order valence-corrected chi connectivity index (χ4v) is 1.95. The van der Waals surface area contributed by atoms with E-state index in [9.17, 15) is 4.79 Å². The maximum absolute atomic E-state index is 11.8. The number of aryl methyl sites for hydroxylation is 1. The number of hydrogen-bond donors (Lipinski definition) is 1. The summed E-state index contributed by atoms with van der Waals surface area (Å²) >= 11 is 9.17. The van der Waals surface area contributed by atoms with E-state index in [1.165, 1.54) is 0 Å². The van der Waals surface area contributed by atoms with Gasteiger partial charge >= 0.3 is 0 Å². The van der Waals surface area contributed by atoms with Crippen LogP contribution < -0.4 is 5.32 Å². The van der Waals surface area contributed by atoms with Crippen LogP contribution in [0.15, 0.2) is 22.7 Å². The summed E-state index contributed by atoms with van der Waals surface area (Å²) in [6.45, 7) is 4.45. The summed E-state index contributed by atoms with van der Waals surface area (Å²) in [5.74, 6) is -0.0395. The maximum Gasteiger partial charge on any atom is 0.251 e. The summed E-state index contributed by atoms with van der Waals surface area (Å²) in [5.41, 5.74) is 1.68. The van der Waals surface area contributed by atoms with E-state index in [-0.39, 0.29) is 11.3 Å². The first-order chi connectivity index (χ1) is 7.50. The number of halogens is 2. The highest BCUT2D eigenvalue weighted by Crippen LogP contribution is 2.15. The first-order valence-electron chi connectivity index (χ1n) is 5.19. The molecule has 1 rings (SSSR count). The summed E-state index contributed by atoms with van der Waals surface area (Å²) < 4.78 is 0.982. The average Bonchev–Trinajstić information content (AvgIpc) is 2.16. The van der Waals surface area contributed by atoms with Gasteiger partial charge in [0.2, 0.25) is 0 Å². The third-order valence-corrected chi connectivity index (χ3v) is 2.97. The zero-order valence-corrected chi connectivity index (χ0v) is 11.7. The highest BCUT2D eigenvalue weighted by molar-refractivity contribution is 9.10. The van der Waals surface area contributed by atoms with E-state index in [4.69, 9.17) is 11.6 Å². The minimum Gasteiger partial charge on any atom is -0.352 e. The van der Waals surface area contributed by atoms with Crippen LogP contribution in [0.4, 0.5) is 0 Å². The average molecular weight is 305 g/mol. The summed E-state index contributed by atoms with van der Waals surface area (Å²) in [4.78, 5) is 11.8. The van der Waals surface area contributed by atoms with Gasteiger partial charge in [-0.2, -0.15) is 0 Å². The monoisotopic (exact) mass is 303 g/mol. The minimum absolute atomic E-state index is 0.0395. The molecule has 1 aromatic carbocycles. The Labute approximate surface area is 110 Å². The van der Waals surface area contributed by atoms with Crippen molar-refractivity contribution in [2.45, 2.75) is 25.6 Å². The van der Waals surface area contributed by atoms with Gasteiger partial charge in [-0.3, -0.25) is 4.79 Å². The van der Waals surface area contributed by atoms with Crippen LogP contribution >= 0.6 is 27.5 Å². The largest absolute Gasteiger partial charge is 0.352 e. The van der Waals surface area contributed by atoms with Crippen LogP contribution in [-0.2, 0) is 0 Å². The van der Waals surface area contributed by atoms with Gasteiger partial charge in [0.1, 0.15) is 0 Å². The van der Waals surface area contributed by atoms with E-state index in [1.54, 1.807) is 0 Å². The van der Waals surface area contributed by atoms with E-state index in [0.717, 1.165) is 16.5 Å². The zero-order valence-electron chi connectivity index (χ0n) is 9.39. The van der Waals surface area contributed by atoms with Crippen molar-refractivity contribution in [3.05, 3.63) is 33.8 Å². The zero-order chi connectivity index (χ0) is 12.1. The van der Waals surface area contributed by atoms with E-state index in [0.29, 0.717) is 12.1 Å². The van der Waals surface area contributed by atoms with Crippen LogP contribution in [0.2, 0.25) is 0 Å². The van der Waals surface area contributed by atoms with Crippen molar-refractivity contribution in [2.24, 2.45) is 0 Å². The summed E-state index contributed by atoms with van der Waals surface area (Å²) in [5, 5.41) is 2.94. The Morgan fingerprint density at radius 1 is 1.56 bits per heavy atom. The first-order valence-corrected chi connectivity index (χ1v) is 6.42. The van der Waals surface area contributed by atoms with Gasteiger partial charge in [0.05, 0.1) is 0 Å². The molecule has 0 heterocycles. The third-order valence-electron chi connectivity index (χ3n) is 2.26. The van der Waals surface area contributed by atoms with E-state index in [2.05, 4.69) is 21.2 Å². The SMILES string of the molecule is Cc1cc(Br)ccc1C(=O)NCCC(C)Cl. The highest BCUT2D eigenvalue weighted by Gasteiger charge is 2.08. The molecule has 0 fully saturated rings. The Balaban J connectivity index is 2.59. The minimum atomic E-state index is -0.0395. The van der Waals surface area contributed by atoms with Crippen molar-refractivity contribution in [1.29, 1.82) is 0 Å². The second-order valence-corrected chi connectivity index (χ2v) is 5.45. The molecule has 1 amide bonds. The van der Waals surface area contributed by atoms with Crippen LogP contribution in [0.25, 0.3) is 0 Å². The fraction of sp³-hybridized carbons (Fsp3) is 0.417. The molecule has 1 atom stereocenters. The first kappa shape index (κ1) is 13.5. The van der Waals surface area contributed by atoms with Gasteiger partial charge < -0.3 is 5.32 Å². The number of carbonyl (C=O) groups is 1. The van der Waals surface area contributed by atoms with Crippen LogP contribution in [0.5, 0.6) is 0 Å². The molecular weight excluding hydrogens is 289 g/mol. The molecule has 1 aromatic rings. The molecule has 0 aliphatic carbocycles. The molecule has 0 aromatic heterocycles. The maximum atomic E-state index is 11.8. The standard InChI is InChI=1S/C12H15BrClNO/c1-8-7-10(13)3-4-11(8)12(16)15-6-5-9(2)14/h3-4,7,9H,5-6H2,1-2H3,(H,15,16). The van der Waals surface area contributed by atoms with E-state index in [1.807, 2.05) is 32.0 Å². The molecule has 2 nitrogen and oxygen atoms in total. The summed E-state index contributed by atoms with van der Waals surface area (Å²) in [6, 6.07) is 5.62. The van der Waals surface area contributed by atoms with Gasteiger partial charge in [-0.05, 0) is 44.0 Å². The lowest BCUT2D eigenvalue weighted by Gasteiger charge is -2.08. The van der Waals surface area contributed by atoms with Gasteiger partial charge in [0, 0.05) is 22.0 Å². The number of carbonyl (C=O) groups excluding carboxylic acids is 1. The van der Waals surface area contributed by atoms with Crippen molar-refractivity contribution >= 4 is 33.4 Å². The Morgan fingerprint density at radius 2 is 2.25 bits per heavy atom. The molecule has 0 saturated heterocycles. The summed E-state index contributed by atoms with van der Waals surface area (Å²) in [6.07, 6.45) is 0.781. The molecule has 0 radical (unpaired) electrons. The Kier molecular flexibility index (Phi) is 5.29. The van der Waals surface area contributed by atoms with Gasteiger partial charge in [0.25, 0.3) is 5.91 Å². The lowest BCUT2D eigenvalue weighted by molar-refractivity contribution is 0.0952. The highest BCUT2D eigenvalue weighted by atomic mass is 79.9. The second kappa shape index (κ2) is 6.26. The molecule has 0 aliphatic rings. The number of amides is 1. The van der Waals surface area contributed by atoms with Gasteiger partial charge in [0.15, 0.2) is 0 Å². The predicted molar refractivity (Wildman–Crippen MR) is 71.1 cm³/mol. The van der Waals surface area contributed by atoms with Gasteiger partial charge in [-0.15, -0.1) is 11.6 Å². The summed E-state index contributed by atoms with van der Waals surface area (Å²) in [7, 11) is 0. The molecule has 4 heteroatoms. The van der Waals surface area contributed by atoms with Crippen molar-refractivity contribution in [2.75, 3.05) is 6.54 Å². The predicted octanol–water partition coefficient (Wildman–Crippen LogP) is 3.50. The molecule has 0 aliphatic heterocycles. The second-order valence-electron chi connectivity index (χ2n) is 3.78. The number of hydrogen-bond acceptors (Lipinski definition) is 1. The lowest BCUT2D eigenvalue weighted by Crippen LogP contribution is -2.26. The molecule has 88 valence electrons. The number of nitrogens with one attached hydrogen (secondary N) is 1. The van der Waals surface area contributed by atoms with Gasteiger partial charge in [-0.1, -0.05) is 15.9 Å². The molecule has 1 unspecified atom stereocenters. The third kappa shape index (κ3) is 4.14. The van der Waals surface area contributed by atoms with Gasteiger partial charge in [-0.25, -0.2) is 0 Å². The van der Waals surface area contributed by atoms with Crippen LogP contribution in [-0.4, -0.2) is 17.8 Å². The van der Waals surface area contributed by atoms with Crippen LogP contribution in [0.3, 0.4) is 0 Å². The van der Waals surface area contributed by atoms with Crippen molar-refractivity contribution < 1.29 is 4.79 Å². The number of benzene rings is 1. The number of rotatable bonds is 4. The lowest BCUT2D eigenvalue weighted by atomic mass is 10.1. The number of alkyl halides is 1. The smallest absolute Gasteiger partial charge is 0.251 e. The van der Waals surface area contributed by atoms with Crippen LogP contribution in [0, 0.1) is 6.92 Å². The van der Waals surface area contributed by atoms with Crippen molar-refractivity contribution in [1.82, 2.24) is 5.32 Å². The topological polar surface area (TPSA) is 29.1 Å². The Hall–Kier alpha value is -0.540. The van der Waals surface area contributed by atoms with Crippen molar-refractivity contribution in [3.63, 3.8) is 0 Å². The van der Waals surface area contributed by atoms with Crippen LogP contribution in [0.1, 0.15) is 29.3 Å². The molecule has 16 heavy (non-hydrogen) atoms. The quantitative estimate of drug-likeness (QED) is 0.848. The fourth-order valence-electron chi connectivity index (χ4n) is 1.36. The van der Waals surface area contributed by atoms with Crippen molar-refractivity contribution in [3.8, 4) is 0 Å². The Morgan fingerprint density at radius 3 is 2.81 bits per heavy atom. The normalized spacial score (nSPS) is 12.2. The molecule has 0 spiro atoms.